The van der Waals surface area contributed by atoms with Crippen LogP contribution in [0.1, 0.15) is 16.1 Å². The molecule has 2 N–H and O–H groups in total. The van der Waals surface area contributed by atoms with Gasteiger partial charge >= 0.3 is 0 Å². The maximum absolute atomic E-state index is 5.50. The highest BCUT2D eigenvalue weighted by atomic mass is 32.1. The third-order valence-corrected chi connectivity index (χ3v) is 3.46. The van der Waals surface area contributed by atoms with Crippen LogP contribution in [0.25, 0.3) is 10.6 Å². The van der Waals surface area contributed by atoms with Gasteiger partial charge in [-0.25, -0.2) is 0 Å². The maximum atomic E-state index is 5.50. The molecule has 2 rings (SSSR count). The second-order valence-electron chi connectivity index (χ2n) is 3.86. The molecule has 0 bridgehead atoms. The van der Waals surface area contributed by atoms with Crippen molar-refractivity contribution in [2.24, 2.45) is 5.73 Å². The van der Waals surface area contributed by atoms with E-state index in [-0.39, 0.29) is 0 Å². The average molecular weight is 233 g/mol. The molecule has 84 valence electrons. The van der Waals surface area contributed by atoms with Crippen LogP contribution in [0.3, 0.4) is 0 Å². The van der Waals surface area contributed by atoms with Crippen molar-refractivity contribution in [3.63, 3.8) is 0 Å². The number of aryl methyl sites for hydroxylation is 2. The molecule has 0 unspecified atom stereocenters. The van der Waals surface area contributed by atoms with E-state index < -0.39 is 0 Å². The first-order valence-electron chi connectivity index (χ1n) is 5.31. The van der Waals surface area contributed by atoms with E-state index in [0.717, 1.165) is 16.4 Å². The van der Waals surface area contributed by atoms with Crippen molar-refractivity contribution in [1.29, 1.82) is 0 Å². The van der Waals surface area contributed by atoms with Gasteiger partial charge in [-0.1, -0.05) is 29.0 Å². The standard InChI is InChI=1S/C12H15N3S/c1-8-3-4-9(2)10(7-8)12-15-14-11(16-12)5-6-13/h3-4,7H,5-6,13H2,1-2H3. The van der Waals surface area contributed by atoms with Gasteiger partial charge in [-0.05, 0) is 32.0 Å². The van der Waals surface area contributed by atoms with Crippen LogP contribution in [0.5, 0.6) is 0 Å². The monoisotopic (exact) mass is 233 g/mol. The number of aromatic nitrogens is 2. The summed E-state index contributed by atoms with van der Waals surface area (Å²) in [6.07, 6.45) is 0.808. The fourth-order valence-corrected chi connectivity index (χ4v) is 2.49. The largest absolute Gasteiger partial charge is 0.330 e. The zero-order valence-corrected chi connectivity index (χ0v) is 10.3. The molecule has 0 radical (unpaired) electrons. The smallest absolute Gasteiger partial charge is 0.148 e. The minimum absolute atomic E-state index is 0.626. The number of hydrogen-bond acceptors (Lipinski definition) is 4. The first-order chi connectivity index (χ1) is 7.70. The quantitative estimate of drug-likeness (QED) is 0.885. The summed E-state index contributed by atoms with van der Waals surface area (Å²) in [7, 11) is 0. The molecule has 4 heteroatoms. The van der Waals surface area contributed by atoms with Crippen LogP contribution in [0.2, 0.25) is 0 Å². The second kappa shape index (κ2) is 4.72. The molecule has 2 aromatic rings. The van der Waals surface area contributed by atoms with E-state index in [9.17, 15) is 0 Å². The first-order valence-corrected chi connectivity index (χ1v) is 6.12. The SMILES string of the molecule is Cc1ccc(C)c(-c2nnc(CCN)s2)c1. The molecule has 0 saturated heterocycles. The molecule has 0 spiro atoms. The number of nitrogens with two attached hydrogens (primary N) is 1. The highest BCUT2D eigenvalue weighted by Gasteiger charge is 2.08. The Morgan fingerprint density at radius 2 is 2.06 bits per heavy atom. The van der Waals surface area contributed by atoms with Crippen LogP contribution in [-0.4, -0.2) is 16.7 Å². The third kappa shape index (κ3) is 2.28. The van der Waals surface area contributed by atoms with Crippen molar-refractivity contribution in [3.05, 3.63) is 34.3 Å². The lowest BCUT2D eigenvalue weighted by Crippen LogP contribution is -2.01. The highest BCUT2D eigenvalue weighted by Crippen LogP contribution is 2.27. The van der Waals surface area contributed by atoms with E-state index in [1.807, 2.05) is 0 Å². The second-order valence-corrected chi connectivity index (χ2v) is 4.92. The van der Waals surface area contributed by atoms with Crippen LogP contribution in [0, 0.1) is 13.8 Å². The van der Waals surface area contributed by atoms with Crippen LogP contribution < -0.4 is 5.73 Å². The lowest BCUT2D eigenvalue weighted by Gasteiger charge is -2.02. The Bertz CT molecular complexity index is 491. The van der Waals surface area contributed by atoms with Crippen LogP contribution in [0.4, 0.5) is 0 Å². The van der Waals surface area contributed by atoms with E-state index >= 15 is 0 Å². The first kappa shape index (κ1) is 11.2. The normalized spacial score (nSPS) is 10.7. The van der Waals surface area contributed by atoms with E-state index in [1.54, 1.807) is 11.3 Å². The van der Waals surface area contributed by atoms with Gasteiger partial charge in [0.05, 0.1) is 0 Å². The number of hydrogen-bond donors (Lipinski definition) is 1. The van der Waals surface area contributed by atoms with Crippen molar-refractivity contribution in [2.45, 2.75) is 20.3 Å². The van der Waals surface area contributed by atoms with E-state index in [0.29, 0.717) is 6.54 Å². The van der Waals surface area contributed by atoms with E-state index in [1.165, 1.54) is 16.7 Å². The van der Waals surface area contributed by atoms with E-state index in [2.05, 4.69) is 42.2 Å². The van der Waals surface area contributed by atoms with Gasteiger partial charge in [-0.3, -0.25) is 0 Å². The lowest BCUT2D eigenvalue weighted by atomic mass is 10.1. The highest BCUT2D eigenvalue weighted by molar-refractivity contribution is 7.14. The Kier molecular flexibility index (Phi) is 3.31. The van der Waals surface area contributed by atoms with E-state index in [4.69, 9.17) is 5.73 Å². The van der Waals surface area contributed by atoms with Gasteiger partial charge in [-0.2, -0.15) is 0 Å². The van der Waals surface area contributed by atoms with Gasteiger partial charge in [0.1, 0.15) is 10.0 Å². The summed E-state index contributed by atoms with van der Waals surface area (Å²) in [5, 5.41) is 10.4. The summed E-state index contributed by atoms with van der Waals surface area (Å²) in [6.45, 7) is 4.81. The minimum atomic E-state index is 0.626. The molecular formula is C12H15N3S. The summed E-state index contributed by atoms with van der Waals surface area (Å²) >= 11 is 1.63. The molecular weight excluding hydrogens is 218 g/mol. The van der Waals surface area contributed by atoms with Crippen molar-refractivity contribution < 1.29 is 0 Å². The topological polar surface area (TPSA) is 51.8 Å². The van der Waals surface area contributed by atoms with Gasteiger partial charge in [0.25, 0.3) is 0 Å². The van der Waals surface area contributed by atoms with Gasteiger partial charge in [0, 0.05) is 12.0 Å². The molecule has 0 aliphatic carbocycles. The fourth-order valence-electron chi connectivity index (χ4n) is 1.55. The summed E-state index contributed by atoms with van der Waals surface area (Å²) in [4.78, 5) is 0. The van der Waals surface area contributed by atoms with Gasteiger partial charge in [0.2, 0.25) is 0 Å². The molecule has 0 aliphatic rings. The Morgan fingerprint density at radius 1 is 1.25 bits per heavy atom. The van der Waals surface area contributed by atoms with Gasteiger partial charge < -0.3 is 5.73 Å². The van der Waals surface area contributed by atoms with Crippen LogP contribution in [0.15, 0.2) is 18.2 Å². The molecule has 1 aromatic carbocycles. The van der Waals surface area contributed by atoms with Crippen molar-refractivity contribution in [1.82, 2.24) is 10.2 Å². The lowest BCUT2D eigenvalue weighted by molar-refractivity contribution is 0.913. The molecule has 0 aliphatic heterocycles. The molecule has 3 nitrogen and oxygen atoms in total. The fraction of sp³-hybridized carbons (Fsp3) is 0.333. The molecule has 0 saturated carbocycles. The molecule has 0 atom stereocenters. The van der Waals surface area contributed by atoms with Gasteiger partial charge in [0.15, 0.2) is 0 Å². The Labute approximate surface area is 99.3 Å². The molecule has 0 fully saturated rings. The van der Waals surface area contributed by atoms with Crippen molar-refractivity contribution in [3.8, 4) is 10.6 Å². The molecule has 1 heterocycles. The summed E-state index contributed by atoms with van der Waals surface area (Å²) in [6, 6.07) is 6.39. The Morgan fingerprint density at radius 3 is 2.81 bits per heavy atom. The predicted octanol–water partition coefficient (Wildman–Crippen LogP) is 2.32. The Hall–Kier alpha value is -1.26. The number of rotatable bonds is 3. The van der Waals surface area contributed by atoms with Crippen molar-refractivity contribution in [2.75, 3.05) is 6.54 Å². The third-order valence-electron chi connectivity index (χ3n) is 2.45. The predicted molar refractivity (Wildman–Crippen MR) is 67.6 cm³/mol. The molecule has 0 amide bonds. The molecule has 16 heavy (non-hydrogen) atoms. The van der Waals surface area contributed by atoms with Crippen LogP contribution in [-0.2, 0) is 6.42 Å². The van der Waals surface area contributed by atoms with Crippen LogP contribution >= 0.6 is 11.3 Å². The Balaban J connectivity index is 2.38. The average Bonchev–Trinajstić information content (AvgIpc) is 2.71. The zero-order valence-electron chi connectivity index (χ0n) is 9.53. The van der Waals surface area contributed by atoms with Crippen molar-refractivity contribution >= 4 is 11.3 Å². The minimum Gasteiger partial charge on any atom is -0.330 e. The summed E-state index contributed by atoms with van der Waals surface area (Å²) in [5.41, 5.74) is 9.17. The summed E-state index contributed by atoms with van der Waals surface area (Å²) < 4.78 is 0. The zero-order chi connectivity index (χ0) is 11.5. The number of nitrogens with zero attached hydrogens (tertiary/aromatic N) is 2. The maximum Gasteiger partial charge on any atom is 0.148 e. The summed E-state index contributed by atoms with van der Waals surface area (Å²) in [5.74, 6) is 0. The number of benzene rings is 1. The van der Waals surface area contributed by atoms with Gasteiger partial charge in [-0.15, -0.1) is 10.2 Å². The molecule has 1 aromatic heterocycles.